The average Bonchev–Trinajstić information content (AvgIpc) is 2.57. The van der Waals surface area contributed by atoms with Crippen molar-refractivity contribution in [1.82, 2.24) is 4.98 Å². The van der Waals surface area contributed by atoms with Crippen molar-refractivity contribution in [3.05, 3.63) is 57.8 Å². The van der Waals surface area contributed by atoms with Gasteiger partial charge in [0.25, 0.3) is 5.91 Å². The van der Waals surface area contributed by atoms with E-state index in [0.29, 0.717) is 17.9 Å². The van der Waals surface area contributed by atoms with E-state index in [2.05, 4.69) is 10.3 Å². The van der Waals surface area contributed by atoms with Crippen LogP contribution in [0.4, 0.5) is 5.69 Å². The van der Waals surface area contributed by atoms with Crippen molar-refractivity contribution in [2.75, 3.05) is 11.9 Å². The van der Waals surface area contributed by atoms with Gasteiger partial charge in [-0.25, -0.2) is 9.78 Å². The van der Waals surface area contributed by atoms with Gasteiger partial charge in [-0.3, -0.25) is 4.79 Å². The number of hydrogen-bond acceptors (Lipinski definition) is 4. The Morgan fingerprint density at radius 2 is 1.83 bits per heavy atom. The third-order valence-electron chi connectivity index (χ3n) is 3.14. The van der Waals surface area contributed by atoms with E-state index < -0.39 is 5.91 Å². The number of anilines is 1. The van der Waals surface area contributed by atoms with Crippen molar-refractivity contribution in [2.45, 2.75) is 19.8 Å². The largest absolute Gasteiger partial charge is 0.462 e. The second kappa shape index (κ2) is 8.66. The van der Waals surface area contributed by atoms with Crippen molar-refractivity contribution in [1.29, 1.82) is 0 Å². The molecule has 126 valence electrons. The van der Waals surface area contributed by atoms with Gasteiger partial charge in [-0.2, -0.15) is 0 Å². The lowest BCUT2D eigenvalue weighted by Gasteiger charge is -2.08. The minimum atomic E-state index is -0.485. The molecular formula is C17H16Cl2N2O3. The van der Waals surface area contributed by atoms with Crippen LogP contribution in [0.3, 0.4) is 0 Å². The highest BCUT2D eigenvalue weighted by Gasteiger charge is 2.14. The number of benzene rings is 1. The van der Waals surface area contributed by atoms with E-state index >= 15 is 0 Å². The molecule has 7 heteroatoms. The van der Waals surface area contributed by atoms with E-state index in [9.17, 15) is 9.59 Å². The number of halogens is 2. The van der Waals surface area contributed by atoms with E-state index in [0.717, 1.165) is 12.8 Å². The Labute approximate surface area is 149 Å². The minimum Gasteiger partial charge on any atom is -0.462 e. The monoisotopic (exact) mass is 366 g/mol. The van der Waals surface area contributed by atoms with Crippen molar-refractivity contribution in [3.8, 4) is 0 Å². The van der Waals surface area contributed by atoms with Crippen LogP contribution in [0.15, 0.2) is 36.4 Å². The molecule has 0 spiro atoms. The van der Waals surface area contributed by atoms with Gasteiger partial charge in [0, 0.05) is 5.69 Å². The molecule has 0 saturated heterocycles. The maximum absolute atomic E-state index is 12.2. The number of aromatic nitrogens is 1. The quantitative estimate of drug-likeness (QED) is 0.460. The van der Waals surface area contributed by atoms with Crippen LogP contribution in [0.5, 0.6) is 0 Å². The number of carbonyl (C=O) groups is 2. The lowest BCUT2D eigenvalue weighted by atomic mass is 10.2. The molecule has 2 aromatic rings. The number of hydrogen-bond donors (Lipinski definition) is 1. The number of esters is 1. The Morgan fingerprint density at radius 1 is 1.12 bits per heavy atom. The lowest BCUT2D eigenvalue weighted by molar-refractivity contribution is 0.0499. The fourth-order valence-electron chi connectivity index (χ4n) is 1.85. The summed E-state index contributed by atoms with van der Waals surface area (Å²) in [4.78, 5) is 27.9. The highest BCUT2D eigenvalue weighted by molar-refractivity contribution is 6.35. The second-order valence-electron chi connectivity index (χ2n) is 4.99. The molecule has 2 rings (SSSR count). The average molecular weight is 367 g/mol. The molecule has 0 saturated carbocycles. The molecule has 0 aliphatic carbocycles. The Balaban J connectivity index is 2.02. The molecule has 0 radical (unpaired) electrons. The molecule has 1 aromatic carbocycles. The highest BCUT2D eigenvalue weighted by atomic mass is 35.5. The summed E-state index contributed by atoms with van der Waals surface area (Å²) >= 11 is 11.7. The number of nitrogens with zero attached hydrogens (tertiary/aromatic N) is 1. The summed E-state index contributed by atoms with van der Waals surface area (Å²) in [7, 11) is 0. The van der Waals surface area contributed by atoms with E-state index in [1.807, 2.05) is 6.92 Å². The Morgan fingerprint density at radius 3 is 2.50 bits per heavy atom. The topological polar surface area (TPSA) is 68.3 Å². The zero-order valence-corrected chi connectivity index (χ0v) is 14.5. The number of amides is 1. The van der Waals surface area contributed by atoms with E-state index in [1.54, 1.807) is 24.3 Å². The molecule has 0 fully saturated rings. The summed E-state index contributed by atoms with van der Waals surface area (Å²) in [5, 5.41) is 3.03. The summed E-state index contributed by atoms with van der Waals surface area (Å²) in [5.74, 6) is -0.873. The maximum Gasteiger partial charge on any atom is 0.338 e. The smallest absolute Gasteiger partial charge is 0.338 e. The van der Waals surface area contributed by atoms with Crippen molar-refractivity contribution in [3.63, 3.8) is 0 Å². The summed E-state index contributed by atoms with van der Waals surface area (Å²) < 4.78 is 5.12. The van der Waals surface area contributed by atoms with Gasteiger partial charge in [0.15, 0.2) is 0 Å². The molecule has 24 heavy (non-hydrogen) atoms. The summed E-state index contributed by atoms with van der Waals surface area (Å²) in [6, 6.07) is 9.37. The zero-order chi connectivity index (χ0) is 17.5. The van der Waals surface area contributed by atoms with Crippen LogP contribution in [0.1, 0.15) is 40.6 Å². The normalized spacial score (nSPS) is 10.3. The number of unbranched alkanes of at least 4 members (excludes halogenated alkanes) is 1. The molecule has 1 aromatic heterocycles. The fraction of sp³-hybridized carbons (Fsp3) is 0.235. The van der Waals surface area contributed by atoms with Gasteiger partial charge < -0.3 is 10.1 Å². The number of pyridine rings is 1. The molecule has 1 heterocycles. The third-order valence-corrected chi connectivity index (χ3v) is 3.65. The summed E-state index contributed by atoms with van der Waals surface area (Å²) in [5.41, 5.74) is 0.957. The highest BCUT2D eigenvalue weighted by Crippen LogP contribution is 2.19. The van der Waals surface area contributed by atoms with Crippen LogP contribution in [0.25, 0.3) is 0 Å². The predicted octanol–water partition coefficient (Wildman–Crippen LogP) is 4.60. The molecule has 5 nitrogen and oxygen atoms in total. The zero-order valence-electron chi connectivity index (χ0n) is 13.0. The molecule has 1 amide bonds. The van der Waals surface area contributed by atoms with E-state index in [1.165, 1.54) is 12.1 Å². The number of nitrogens with one attached hydrogen (secondary N) is 1. The van der Waals surface area contributed by atoms with Gasteiger partial charge in [0.05, 0.1) is 17.2 Å². The first-order valence-electron chi connectivity index (χ1n) is 7.42. The first kappa shape index (κ1) is 18.2. The second-order valence-corrected chi connectivity index (χ2v) is 5.78. The Bertz CT molecular complexity index is 733. The van der Waals surface area contributed by atoms with Gasteiger partial charge in [0.1, 0.15) is 10.8 Å². The van der Waals surface area contributed by atoms with Gasteiger partial charge in [0.2, 0.25) is 0 Å². The van der Waals surface area contributed by atoms with Crippen LogP contribution in [0, 0.1) is 0 Å². The standard InChI is InChI=1S/C17H16Cl2N2O3/c1-2-3-10-24-17(23)11-4-6-12(7-5-11)20-16(22)15-13(18)8-9-14(19)21-15/h4-9H,2-3,10H2,1H3,(H,20,22). The molecule has 1 N–H and O–H groups in total. The predicted molar refractivity (Wildman–Crippen MR) is 93.8 cm³/mol. The molecular weight excluding hydrogens is 351 g/mol. The molecule has 0 aliphatic rings. The molecule has 0 bridgehead atoms. The Kier molecular flexibility index (Phi) is 6.58. The van der Waals surface area contributed by atoms with Gasteiger partial charge in [-0.15, -0.1) is 0 Å². The first-order valence-corrected chi connectivity index (χ1v) is 8.17. The summed E-state index contributed by atoms with van der Waals surface area (Å²) in [6.07, 6.45) is 1.78. The number of ether oxygens (including phenoxy) is 1. The van der Waals surface area contributed by atoms with Crippen LogP contribution < -0.4 is 5.32 Å². The van der Waals surface area contributed by atoms with Crippen LogP contribution >= 0.6 is 23.2 Å². The minimum absolute atomic E-state index is 0.0345. The molecule has 0 aliphatic heterocycles. The van der Waals surface area contributed by atoms with Gasteiger partial charge in [-0.05, 0) is 42.8 Å². The van der Waals surface area contributed by atoms with Crippen molar-refractivity contribution >= 4 is 40.8 Å². The van der Waals surface area contributed by atoms with Crippen molar-refractivity contribution in [2.24, 2.45) is 0 Å². The van der Waals surface area contributed by atoms with Crippen LogP contribution in [0.2, 0.25) is 10.2 Å². The van der Waals surface area contributed by atoms with Gasteiger partial charge >= 0.3 is 5.97 Å². The fourth-order valence-corrected chi connectivity index (χ4v) is 2.19. The Hall–Kier alpha value is -2.11. The van der Waals surface area contributed by atoms with Gasteiger partial charge in [-0.1, -0.05) is 36.5 Å². The summed E-state index contributed by atoms with van der Waals surface area (Å²) in [6.45, 7) is 2.42. The lowest BCUT2D eigenvalue weighted by Crippen LogP contribution is -2.14. The molecule has 0 unspecified atom stereocenters. The third kappa shape index (κ3) is 4.94. The van der Waals surface area contributed by atoms with Crippen molar-refractivity contribution < 1.29 is 14.3 Å². The van der Waals surface area contributed by atoms with E-state index in [4.69, 9.17) is 27.9 Å². The first-order chi connectivity index (χ1) is 11.5. The van der Waals surface area contributed by atoms with Crippen LogP contribution in [-0.2, 0) is 4.74 Å². The number of rotatable bonds is 6. The van der Waals surface area contributed by atoms with Crippen LogP contribution in [-0.4, -0.2) is 23.5 Å². The van der Waals surface area contributed by atoms with E-state index in [-0.39, 0.29) is 21.8 Å². The molecule has 0 atom stereocenters. The maximum atomic E-state index is 12.2. The SMILES string of the molecule is CCCCOC(=O)c1ccc(NC(=O)c2nc(Cl)ccc2Cl)cc1. The number of carbonyl (C=O) groups excluding carboxylic acids is 2.